The fourth-order valence-electron chi connectivity index (χ4n) is 0.991. The lowest BCUT2D eigenvalue weighted by Gasteiger charge is -2.06. The van der Waals surface area contributed by atoms with E-state index in [1.165, 1.54) is 13.0 Å². The maximum atomic E-state index is 10.7. The van der Waals surface area contributed by atoms with E-state index in [0.29, 0.717) is 0 Å². The molecule has 0 saturated heterocycles. The summed E-state index contributed by atoms with van der Waals surface area (Å²) in [5, 5.41) is 2.99. The van der Waals surface area contributed by atoms with Gasteiger partial charge in [-0.05, 0) is 41.1 Å². The molecule has 0 fully saturated rings. The van der Waals surface area contributed by atoms with E-state index >= 15 is 0 Å². The van der Waals surface area contributed by atoms with Crippen LogP contribution in [0.15, 0.2) is 34.9 Å². The topological polar surface area (TPSA) is 38.3 Å². The number of allylic oxidation sites excluding steroid dienone is 1. The first kappa shape index (κ1) is 11.8. The number of methoxy groups -OCH3 is 1. The van der Waals surface area contributed by atoms with E-state index in [0.717, 1.165) is 15.9 Å². The Hall–Kier alpha value is -1.29. The van der Waals surface area contributed by atoms with Crippen LogP contribution in [0.4, 0.5) is 5.69 Å². The Kier molecular flexibility index (Phi) is 4.37. The first-order chi connectivity index (χ1) is 7.13. The first-order valence-electron chi connectivity index (χ1n) is 4.40. The van der Waals surface area contributed by atoms with Crippen LogP contribution in [0.25, 0.3) is 0 Å². The molecule has 0 spiro atoms. The average molecular weight is 270 g/mol. The van der Waals surface area contributed by atoms with Crippen molar-refractivity contribution in [3.8, 4) is 5.75 Å². The lowest BCUT2D eigenvalue weighted by molar-refractivity contribution is -0.112. The molecule has 1 aromatic carbocycles. The monoisotopic (exact) mass is 269 g/mol. The molecule has 0 aliphatic carbocycles. The highest BCUT2D eigenvalue weighted by atomic mass is 79.9. The van der Waals surface area contributed by atoms with Crippen molar-refractivity contribution in [3.63, 3.8) is 0 Å². The van der Waals surface area contributed by atoms with Crippen LogP contribution in [0.2, 0.25) is 0 Å². The number of rotatable bonds is 4. The van der Waals surface area contributed by atoms with Gasteiger partial charge in [0.15, 0.2) is 5.78 Å². The summed E-state index contributed by atoms with van der Waals surface area (Å²) < 4.78 is 6.00. The largest absolute Gasteiger partial charge is 0.497 e. The molecule has 3 nitrogen and oxygen atoms in total. The lowest BCUT2D eigenvalue weighted by Crippen LogP contribution is -1.92. The molecule has 1 N–H and O–H groups in total. The summed E-state index contributed by atoms with van der Waals surface area (Å²) in [4.78, 5) is 10.7. The minimum atomic E-state index is 0.00141. The number of ether oxygens (including phenoxy) is 1. The number of carbonyl (C=O) groups excluding carboxylic acids is 1. The number of halogens is 1. The second-order valence-corrected chi connectivity index (χ2v) is 3.79. The van der Waals surface area contributed by atoms with Crippen LogP contribution < -0.4 is 10.1 Å². The standard InChI is InChI=1S/C11H12BrNO2/c1-8(14)5-6-13-11-7-9(15-2)3-4-10(11)12/h3-7,13H,1-2H3. The smallest absolute Gasteiger partial charge is 0.154 e. The van der Waals surface area contributed by atoms with Gasteiger partial charge < -0.3 is 10.1 Å². The van der Waals surface area contributed by atoms with Gasteiger partial charge in [-0.2, -0.15) is 0 Å². The Balaban J connectivity index is 2.79. The van der Waals surface area contributed by atoms with E-state index in [2.05, 4.69) is 21.2 Å². The summed E-state index contributed by atoms with van der Waals surface area (Å²) in [6.45, 7) is 1.50. The van der Waals surface area contributed by atoms with Gasteiger partial charge in [-0.25, -0.2) is 0 Å². The predicted molar refractivity (Wildman–Crippen MR) is 64.1 cm³/mol. The fourth-order valence-corrected chi connectivity index (χ4v) is 1.35. The van der Waals surface area contributed by atoms with Gasteiger partial charge in [-0.3, -0.25) is 4.79 Å². The zero-order chi connectivity index (χ0) is 11.3. The molecule has 0 aromatic heterocycles. The highest BCUT2D eigenvalue weighted by Crippen LogP contribution is 2.26. The number of benzene rings is 1. The van der Waals surface area contributed by atoms with Gasteiger partial charge in [0.2, 0.25) is 0 Å². The van der Waals surface area contributed by atoms with Crippen molar-refractivity contribution < 1.29 is 9.53 Å². The van der Waals surface area contributed by atoms with Crippen molar-refractivity contribution in [2.75, 3.05) is 12.4 Å². The van der Waals surface area contributed by atoms with Gasteiger partial charge >= 0.3 is 0 Å². The second-order valence-electron chi connectivity index (χ2n) is 2.93. The Morgan fingerprint density at radius 2 is 2.27 bits per heavy atom. The van der Waals surface area contributed by atoms with Gasteiger partial charge in [0, 0.05) is 16.7 Å². The Bertz CT molecular complexity index is 388. The summed E-state index contributed by atoms with van der Waals surface area (Å²) in [5.74, 6) is 0.762. The minimum absolute atomic E-state index is 0.00141. The molecule has 15 heavy (non-hydrogen) atoms. The summed E-state index contributed by atoms with van der Waals surface area (Å²) in [7, 11) is 1.61. The van der Waals surface area contributed by atoms with Gasteiger partial charge in [0.05, 0.1) is 12.8 Å². The van der Waals surface area contributed by atoms with Gasteiger partial charge in [-0.1, -0.05) is 0 Å². The van der Waals surface area contributed by atoms with E-state index < -0.39 is 0 Å². The third-order valence-corrected chi connectivity index (χ3v) is 2.42. The Labute approximate surface area is 97.3 Å². The normalized spacial score (nSPS) is 10.3. The van der Waals surface area contributed by atoms with Crippen LogP contribution in [0.3, 0.4) is 0 Å². The molecule has 0 atom stereocenters. The van der Waals surface area contributed by atoms with Gasteiger partial charge in [-0.15, -0.1) is 0 Å². The molecule has 80 valence electrons. The molecule has 0 radical (unpaired) electrons. The number of ketones is 1. The molecular weight excluding hydrogens is 258 g/mol. The average Bonchev–Trinajstić information content (AvgIpc) is 2.20. The van der Waals surface area contributed by atoms with E-state index in [-0.39, 0.29) is 5.78 Å². The van der Waals surface area contributed by atoms with E-state index in [4.69, 9.17) is 4.74 Å². The van der Waals surface area contributed by atoms with Crippen molar-refractivity contribution in [2.24, 2.45) is 0 Å². The molecule has 0 saturated carbocycles. The third-order valence-electron chi connectivity index (χ3n) is 1.73. The second kappa shape index (κ2) is 5.56. The van der Waals surface area contributed by atoms with Crippen LogP contribution in [-0.4, -0.2) is 12.9 Å². The highest BCUT2D eigenvalue weighted by molar-refractivity contribution is 9.10. The van der Waals surface area contributed by atoms with E-state index in [1.807, 2.05) is 18.2 Å². The maximum absolute atomic E-state index is 10.7. The van der Waals surface area contributed by atoms with Crippen LogP contribution in [0, 0.1) is 0 Å². The van der Waals surface area contributed by atoms with Crippen LogP contribution in [0.5, 0.6) is 5.75 Å². The molecule has 0 aliphatic rings. The van der Waals surface area contributed by atoms with E-state index in [1.54, 1.807) is 13.3 Å². The zero-order valence-corrected chi connectivity index (χ0v) is 10.2. The number of anilines is 1. The Morgan fingerprint density at radius 3 is 2.87 bits per heavy atom. The van der Waals surface area contributed by atoms with Gasteiger partial charge in [0.25, 0.3) is 0 Å². The zero-order valence-electron chi connectivity index (χ0n) is 8.58. The summed E-state index contributed by atoms with van der Waals surface area (Å²) >= 11 is 3.39. The van der Waals surface area contributed by atoms with Crippen molar-refractivity contribution in [3.05, 3.63) is 34.9 Å². The summed E-state index contributed by atoms with van der Waals surface area (Å²) in [6.07, 6.45) is 3.06. The molecule has 0 aliphatic heterocycles. The van der Waals surface area contributed by atoms with Crippen molar-refractivity contribution in [1.82, 2.24) is 0 Å². The van der Waals surface area contributed by atoms with Crippen LogP contribution in [-0.2, 0) is 4.79 Å². The summed E-state index contributed by atoms with van der Waals surface area (Å²) in [5.41, 5.74) is 0.854. The molecular formula is C11H12BrNO2. The highest BCUT2D eigenvalue weighted by Gasteiger charge is 1.99. The van der Waals surface area contributed by atoms with Crippen molar-refractivity contribution in [2.45, 2.75) is 6.92 Å². The minimum Gasteiger partial charge on any atom is -0.497 e. The first-order valence-corrected chi connectivity index (χ1v) is 5.20. The molecule has 0 bridgehead atoms. The van der Waals surface area contributed by atoms with Gasteiger partial charge in [0.1, 0.15) is 5.75 Å². The lowest BCUT2D eigenvalue weighted by atomic mass is 10.3. The van der Waals surface area contributed by atoms with Crippen LogP contribution in [0.1, 0.15) is 6.92 Å². The van der Waals surface area contributed by atoms with Crippen molar-refractivity contribution >= 4 is 27.4 Å². The van der Waals surface area contributed by atoms with E-state index in [9.17, 15) is 4.79 Å². The number of carbonyl (C=O) groups is 1. The molecule has 0 heterocycles. The number of hydrogen-bond donors (Lipinski definition) is 1. The maximum Gasteiger partial charge on any atom is 0.154 e. The number of nitrogens with one attached hydrogen (secondary N) is 1. The molecule has 1 rings (SSSR count). The number of hydrogen-bond acceptors (Lipinski definition) is 3. The fraction of sp³-hybridized carbons (Fsp3) is 0.182. The third kappa shape index (κ3) is 3.75. The predicted octanol–water partition coefficient (Wildman–Crippen LogP) is 2.97. The molecule has 4 heteroatoms. The molecule has 0 unspecified atom stereocenters. The van der Waals surface area contributed by atoms with Crippen LogP contribution >= 0.6 is 15.9 Å². The van der Waals surface area contributed by atoms with Crippen molar-refractivity contribution in [1.29, 1.82) is 0 Å². The quantitative estimate of drug-likeness (QED) is 0.855. The summed E-state index contributed by atoms with van der Waals surface area (Å²) in [6, 6.07) is 5.57. The SMILES string of the molecule is COc1ccc(Br)c(NC=CC(C)=O)c1. The molecule has 1 aromatic rings. The Morgan fingerprint density at radius 1 is 1.53 bits per heavy atom. The molecule has 0 amide bonds.